The maximum absolute atomic E-state index is 12.2. The molecule has 1 saturated heterocycles. The largest absolute Gasteiger partial charge is 0.497 e. The number of rotatable bonds is 10. The Balaban J connectivity index is 0.00000480. The molecule has 2 rings (SSSR count). The van der Waals surface area contributed by atoms with E-state index in [1.54, 1.807) is 11.4 Å². The molecule has 31 heavy (non-hydrogen) atoms. The first-order valence-electron chi connectivity index (χ1n) is 10.7. The Kier molecular flexibility index (Phi) is 12.5. The summed E-state index contributed by atoms with van der Waals surface area (Å²) in [6.07, 6.45) is 2.08. The van der Waals surface area contributed by atoms with Gasteiger partial charge >= 0.3 is 0 Å². The molecule has 0 aromatic heterocycles. The number of guanidine groups is 1. The van der Waals surface area contributed by atoms with Crippen LogP contribution in [0.1, 0.15) is 40.0 Å². The third kappa shape index (κ3) is 9.40. The minimum Gasteiger partial charge on any atom is -0.497 e. The average Bonchev–Trinajstić information content (AvgIpc) is 2.72. The summed E-state index contributed by atoms with van der Waals surface area (Å²) in [6.45, 7) is 8.24. The molecule has 8 nitrogen and oxygen atoms in total. The summed E-state index contributed by atoms with van der Waals surface area (Å²) in [5.74, 6) is 2.45. The normalized spacial score (nSPS) is 16.8. The Morgan fingerprint density at radius 2 is 1.94 bits per heavy atom. The first-order valence-corrected chi connectivity index (χ1v) is 12.3. The molecule has 1 aliphatic heterocycles. The van der Waals surface area contributed by atoms with Crippen LogP contribution in [0.25, 0.3) is 0 Å². The van der Waals surface area contributed by atoms with Gasteiger partial charge in [-0.1, -0.05) is 13.0 Å². The lowest BCUT2D eigenvalue weighted by atomic mass is 10.1. The molecule has 0 aliphatic carbocycles. The molecular weight excluding hydrogens is 531 g/mol. The van der Waals surface area contributed by atoms with Crippen molar-refractivity contribution < 1.29 is 17.9 Å². The van der Waals surface area contributed by atoms with E-state index < -0.39 is 10.0 Å². The van der Waals surface area contributed by atoms with E-state index >= 15 is 0 Å². The number of nitrogens with one attached hydrogen (secondary N) is 2. The molecule has 1 fully saturated rings. The van der Waals surface area contributed by atoms with Crippen molar-refractivity contribution in [2.24, 2.45) is 4.99 Å². The quantitative estimate of drug-likeness (QED) is 0.256. The second-order valence-electron chi connectivity index (χ2n) is 7.46. The van der Waals surface area contributed by atoms with Gasteiger partial charge in [0.05, 0.1) is 19.4 Å². The topological polar surface area (TPSA) is 92.3 Å². The van der Waals surface area contributed by atoms with Gasteiger partial charge in [-0.2, -0.15) is 0 Å². The van der Waals surface area contributed by atoms with Crippen molar-refractivity contribution in [3.05, 3.63) is 24.3 Å². The van der Waals surface area contributed by atoms with E-state index in [9.17, 15) is 8.42 Å². The van der Waals surface area contributed by atoms with Crippen LogP contribution in [-0.2, 0) is 10.0 Å². The van der Waals surface area contributed by atoms with Crippen LogP contribution in [0, 0.1) is 0 Å². The summed E-state index contributed by atoms with van der Waals surface area (Å²) in [7, 11) is -1.49. The number of ether oxygens (including phenoxy) is 2. The molecule has 0 amide bonds. The van der Waals surface area contributed by atoms with Gasteiger partial charge in [0.1, 0.15) is 17.6 Å². The lowest BCUT2D eigenvalue weighted by Crippen LogP contribution is -2.50. The zero-order valence-corrected chi connectivity index (χ0v) is 22.1. The van der Waals surface area contributed by atoms with Crippen molar-refractivity contribution in [1.29, 1.82) is 0 Å². The molecular formula is C21H37IN4O4S. The van der Waals surface area contributed by atoms with Gasteiger partial charge in [-0.25, -0.2) is 17.7 Å². The maximum Gasteiger partial charge on any atom is 0.214 e. The van der Waals surface area contributed by atoms with E-state index in [4.69, 9.17) is 9.47 Å². The summed E-state index contributed by atoms with van der Waals surface area (Å²) < 4.78 is 37.2. The standard InChI is InChI=1S/C21H36N4O4S.HI/c1-5-14-30(26,27)25-12-10-18(11-13-25)24-21(22-6-2)23-16-17(3)29-20-9-7-8-19(15-20)28-4;/h7-9,15,17-18H,5-6,10-14,16H2,1-4H3,(H2,22,23,24);1H. The highest BCUT2D eigenvalue weighted by Gasteiger charge is 2.27. The van der Waals surface area contributed by atoms with E-state index in [0.717, 1.165) is 36.8 Å². The summed E-state index contributed by atoms with van der Waals surface area (Å²) in [6, 6.07) is 7.71. The van der Waals surface area contributed by atoms with Crippen LogP contribution < -0.4 is 20.1 Å². The molecule has 2 N–H and O–H groups in total. The van der Waals surface area contributed by atoms with Crippen LogP contribution in [-0.4, -0.2) is 69.9 Å². The minimum absolute atomic E-state index is 0. The van der Waals surface area contributed by atoms with E-state index in [1.165, 1.54) is 0 Å². The Morgan fingerprint density at radius 3 is 2.55 bits per heavy atom. The summed E-state index contributed by atoms with van der Waals surface area (Å²) in [5, 5.41) is 6.70. The molecule has 1 aliphatic rings. The van der Waals surface area contributed by atoms with Crippen molar-refractivity contribution in [3.63, 3.8) is 0 Å². The van der Waals surface area contributed by atoms with Crippen LogP contribution in [0.15, 0.2) is 29.3 Å². The van der Waals surface area contributed by atoms with Crippen LogP contribution in [0.3, 0.4) is 0 Å². The Hall–Kier alpha value is -1.27. The fourth-order valence-electron chi connectivity index (χ4n) is 3.34. The van der Waals surface area contributed by atoms with E-state index in [0.29, 0.717) is 26.1 Å². The number of sulfonamides is 1. The number of piperidine rings is 1. The molecule has 0 saturated carbocycles. The fourth-order valence-corrected chi connectivity index (χ4v) is 4.88. The highest BCUT2D eigenvalue weighted by atomic mass is 127. The molecule has 1 heterocycles. The second-order valence-corrected chi connectivity index (χ2v) is 9.55. The summed E-state index contributed by atoms with van der Waals surface area (Å²) >= 11 is 0. The summed E-state index contributed by atoms with van der Waals surface area (Å²) in [4.78, 5) is 4.65. The number of aliphatic imine (C=N–C) groups is 1. The number of nitrogens with zero attached hydrogens (tertiary/aromatic N) is 2. The second kappa shape index (κ2) is 14.0. The minimum atomic E-state index is -3.12. The smallest absolute Gasteiger partial charge is 0.214 e. The molecule has 0 radical (unpaired) electrons. The third-order valence-electron chi connectivity index (χ3n) is 4.88. The molecule has 0 bridgehead atoms. The maximum atomic E-state index is 12.2. The van der Waals surface area contributed by atoms with Crippen LogP contribution in [0.4, 0.5) is 0 Å². The van der Waals surface area contributed by atoms with Crippen molar-refractivity contribution in [3.8, 4) is 11.5 Å². The van der Waals surface area contributed by atoms with Crippen LogP contribution in [0.2, 0.25) is 0 Å². The summed E-state index contributed by atoms with van der Waals surface area (Å²) in [5.41, 5.74) is 0. The molecule has 1 unspecified atom stereocenters. The number of halogens is 1. The highest BCUT2D eigenvalue weighted by Crippen LogP contribution is 2.20. The van der Waals surface area contributed by atoms with E-state index in [1.807, 2.05) is 45.0 Å². The van der Waals surface area contributed by atoms with E-state index in [2.05, 4.69) is 15.6 Å². The Bertz CT molecular complexity index is 783. The number of methoxy groups -OCH3 is 1. The first kappa shape index (κ1) is 27.8. The van der Waals surface area contributed by atoms with Crippen molar-refractivity contribution >= 4 is 40.0 Å². The molecule has 1 atom stereocenters. The molecule has 1 aromatic rings. The fraction of sp³-hybridized carbons (Fsp3) is 0.667. The van der Waals surface area contributed by atoms with Gasteiger partial charge in [-0.3, -0.25) is 0 Å². The lowest BCUT2D eigenvalue weighted by molar-refractivity contribution is 0.229. The zero-order chi connectivity index (χ0) is 22.0. The predicted octanol–water partition coefficient (Wildman–Crippen LogP) is 2.84. The number of benzene rings is 1. The SMILES string of the molecule is CCCS(=O)(=O)N1CCC(NC(=NCC(C)Oc2cccc(OC)c2)NCC)CC1.I. The molecule has 0 spiro atoms. The monoisotopic (exact) mass is 568 g/mol. The third-order valence-corrected chi connectivity index (χ3v) is 6.96. The van der Waals surface area contributed by atoms with Crippen LogP contribution >= 0.6 is 24.0 Å². The van der Waals surface area contributed by atoms with Crippen molar-refractivity contribution in [1.82, 2.24) is 14.9 Å². The Labute approximate surface area is 204 Å². The lowest BCUT2D eigenvalue weighted by Gasteiger charge is -2.32. The zero-order valence-electron chi connectivity index (χ0n) is 19.0. The van der Waals surface area contributed by atoms with Crippen molar-refractivity contribution in [2.45, 2.75) is 52.2 Å². The average molecular weight is 569 g/mol. The van der Waals surface area contributed by atoms with Gasteiger partial charge in [-0.15, -0.1) is 24.0 Å². The van der Waals surface area contributed by atoms with Gasteiger partial charge in [0.2, 0.25) is 10.0 Å². The van der Waals surface area contributed by atoms with Gasteiger partial charge in [-0.05, 0) is 45.2 Å². The molecule has 1 aromatic carbocycles. The number of hydrogen-bond acceptors (Lipinski definition) is 5. The van der Waals surface area contributed by atoms with Gasteiger partial charge in [0.15, 0.2) is 5.96 Å². The van der Waals surface area contributed by atoms with Crippen LogP contribution in [0.5, 0.6) is 11.5 Å². The van der Waals surface area contributed by atoms with Gasteiger partial charge < -0.3 is 20.1 Å². The van der Waals surface area contributed by atoms with E-state index in [-0.39, 0.29) is 41.9 Å². The van der Waals surface area contributed by atoms with Gasteiger partial charge in [0, 0.05) is 31.7 Å². The molecule has 178 valence electrons. The van der Waals surface area contributed by atoms with Crippen molar-refractivity contribution in [2.75, 3.05) is 39.0 Å². The molecule has 10 heteroatoms. The Morgan fingerprint density at radius 1 is 1.26 bits per heavy atom. The number of hydrogen-bond donors (Lipinski definition) is 2. The first-order chi connectivity index (χ1) is 14.4. The predicted molar refractivity (Wildman–Crippen MR) is 136 cm³/mol. The van der Waals surface area contributed by atoms with Gasteiger partial charge in [0.25, 0.3) is 0 Å². The highest BCUT2D eigenvalue weighted by molar-refractivity contribution is 14.0.